The van der Waals surface area contributed by atoms with Crippen LogP contribution in [0.1, 0.15) is 39.4 Å². The van der Waals surface area contributed by atoms with Gasteiger partial charge in [0.1, 0.15) is 11.3 Å². The summed E-state index contributed by atoms with van der Waals surface area (Å²) < 4.78 is 21.5. The van der Waals surface area contributed by atoms with Gasteiger partial charge in [-0.3, -0.25) is 4.79 Å². The molecule has 1 aromatic rings. The van der Waals surface area contributed by atoms with Gasteiger partial charge in [0.2, 0.25) is 0 Å². The van der Waals surface area contributed by atoms with E-state index in [0.717, 1.165) is 6.08 Å². The monoisotopic (exact) mass is 410 g/mol. The second kappa shape index (κ2) is 8.87. The Morgan fingerprint density at radius 1 is 1.29 bits per heavy atom. The topological polar surface area (TPSA) is 120 Å². The van der Waals surface area contributed by atoms with Gasteiger partial charge < -0.3 is 28.3 Å². The fraction of sp³-hybridized carbons (Fsp3) is 0.444. The zero-order valence-corrected chi connectivity index (χ0v) is 16.5. The van der Waals surface area contributed by atoms with Crippen LogP contribution in [0.4, 0.5) is 0 Å². The van der Waals surface area contributed by atoms with Gasteiger partial charge in [0.25, 0.3) is 10.6 Å². The Hall–Kier alpha value is -2.88. The number of aromatic nitrogens is 1. The Bertz CT molecular complexity index is 872. The van der Waals surface area contributed by atoms with Crippen LogP contribution in [-0.2, 0) is 35.1 Å². The zero-order valence-electron chi connectivity index (χ0n) is 15.7. The van der Waals surface area contributed by atoms with E-state index in [1.165, 1.54) is 23.6 Å². The molecule has 0 amide bonds. The quantitative estimate of drug-likeness (QED) is 0.288. The second-order valence-corrected chi connectivity index (χ2v) is 6.29. The molecular weight excluding hydrogens is 390 g/mol. The van der Waals surface area contributed by atoms with E-state index in [0.29, 0.717) is 6.54 Å². The van der Waals surface area contributed by atoms with Crippen molar-refractivity contribution in [1.82, 2.24) is 4.57 Å². The first-order valence-electron chi connectivity index (χ1n) is 8.62. The van der Waals surface area contributed by atoms with E-state index in [1.54, 1.807) is 13.8 Å². The molecule has 1 saturated heterocycles. The molecule has 0 atom stereocenters. The lowest BCUT2D eigenvalue weighted by atomic mass is 10.1. The molecule has 1 aromatic heterocycles. The second-order valence-electron chi connectivity index (χ2n) is 5.94. The molecule has 1 aliphatic heterocycles. The minimum Gasteiger partial charge on any atom is -0.857 e. The van der Waals surface area contributed by atoms with Crippen LogP contribution in [0.3, 0.4) is 0 Å². The average molecular weight is 410 g/mol. The highest BCUT2D eigenvalue weighted by atomic mass is 32.1. The summed E-state index contributed by atoms with van der Waals surface area (Å²) in [6.07, 6.45) is 3.61. The Morgan fingerprint density at radius 2 is 1.93 bits per heavy atom. The highest BCUT2D eigenvalue weighted by molar-refractivity contribution is 7.71. The number of ether oxygens (including phenoxy) is 3. The highest BCUT2D eigenvalue weighted by Crippen LogP contribution is 2.28. The average Bonchev–Trinajstić information content (AvgIpc) is 2.89. The van der Waals surface area contributed by atoms with Gasteiger partial charge in [0.15, 0.2) is 0 Å². The molecule has 9 nitrogen and oxygen atoms in total. The minimum absolute atomic E-state index is 0.0273. The third kappa shape index (κ3) is 4.89. The van der Waals surface area contributed by atoms with Gasteiger partial charge in [-0.05, 0) is 38.2 Å². The first kappa shape index (κ1) is 21.4. The molecule has 0 spiro atoms. The van der Waals surface area contributed by atoms with Crippen molar-refractivity contribution in [2.45, 2.75) is 45.9 Å². The Kier molecular flexibility index (Phi) is 6.79. The normalized spacial score (nSPS) is 19.5. The number of oxazole rings is 1. The number of carbonyl (C=O) groups is 3. The summed E-state index contributed by atoms with van der Waals surface area (Å²) in [6.45, 7) is 5.38. The number of hydrogen-bond donors (Lipinski definition) is 0. The van der Waals surface area contributed by atoms with Crippen LogP contribution >= 0.6 is 12.2 Å². The predicted octanol–water partition coefficient (Wildman–Crippen LogP) is 2.00. The van der Waals surface area contributed by atoms with Crippen LogP contribution in [0, 0.1) is 4.84 Å². The van der Waals surface area contributed by atoms with Gasteiger partial charge >= 0.3 is 17.9 Å². The number of carbonyl (C=O) groups excluding carboxylic acids is 3. The molecule has 0 radical (unpaired) electrons. The van der Waals surface area contributed by atoms with Gasteiger partial charge in [-0.1, -0.05) is 6.08 Å². The lowest BCUT2D eigenvalue weighted by molar-refractivity contribution is -0.279. The van der Waals surface area contributed by atoms with Crippen LogP contribution in [0.15, 0.2) is 22.1 Å². The maximum absolute atomic E-state index is 12.2. The van der Waals surface area contributed by atoms with Crippen molar-refractivity contribution in [2.75, 3.05) is 6.61 Å². The summed E-state index contributed by atoms with van der Waals surface area (Å²) in [5.41, 5.74) is -0.356. The fourth-order valence-corrected chi connectivity index (χ4v) is 2.73. The van der Waals surface area contributed by atoms with Crippen molar-refractivity contribution < 1.29 is 38.1 Å². The zero-order chi connectivity index (χ0) is 20.9. The van der Waals surface area contributed by atoms with E-state index in [2.05, 4.69) is 0 Å². The minimum atomic E-state index is -1.56. The number of hydrogen-bond acceptors (Lipinski definition) is 9. The summed E-state index contributed by atoms with van der Waals surface area (Å²) in [5.74, 6) is -4.29. The molecule has 0 unspecified atom stereocenters. The third-order valence-corrected chi connectivity index (χ3v) is 4.15. The molecule has 10 heteroatoms. The van der Waals surface area contributed by atoms with Crippen molar-refractivity contribution >= 4 is 36.2 Å². The van der Waals surface area contributed by atoms with Crippen molar-refractivity contribution in [3.05, 3.63) is 28.3 Å². The summed E-state index contributed by atoms with van der Waals surface area (Å²) in [5, 5.41) is 12.0. The largest absolute Gasteiger partial charge is 0.857 e. The predicted molar refractivity (Wildman–Crippen MR) is 96.2 cm³/mol. The van der Waals surface area contributed by atoms with Crippen molar-refractivity contribution in [2.24, 2.45) is 0 Å². The van der Waals surface area contributed by atoms with Gasteiger partial charge in [-0.2, -0.15) is 0 Å². The standard InChI is InChI=1S/C18H21NO8S/c1-4-19-14(21)12(25-17(19)28)8-6-7-11-15(22)26-18(3,27-16(11)23)10-9-13(20)24-5-2/h6-8,21H,4-5,9-10H2,1-3H3/p-1/b8-6+,11-7?. The molecule has 2 rings (SSSR count). The van der Waals surface area contributed by atoms with Gasteiger partial charge in [-0.15, -0.1) is 0 Å². The lowest BCUT2D eigenvalue weighted by Crippen LogP contribution is -2.44. The molecule has 1 aliphatic rings. The van der Waals surface area contributed by atoms with Crippen molar-refractivity contribution in [1.29, 1.82) is 0 Å². The molecular formula is C18H20NO8S-. The summed E-state index contributed by atoms with van der Waals surface area (Å²) in [7, 11) is 0. The number of allylic oxidation sites excluding steroid dienone is 2. The van der Waals surface area contributed by atoms with Crippen molar-refractivity contribution in [3.8, 4) is 5.88 Å². The van der Waals surface area contributed by atoms with Crippen LogP contribution < -0.4 is 5.11 Å². The number of esters is 3. The van der Waals surface area contributed by atoms with Gasteiger partial charge in [0, 0.05) is 25.8 Å². The van der Waals surface area contributed by atoms with Gasteiger partial charge in [0.05, 0.1) is 13.0 Å². The first-order chi connectivity index (χ1) is 13.2. The summed E-state index contributed by atoms with van der Waals surface area (Å²) in [6, 6.07) is 0. The number of cyclic esters (lactones) is 2. The van der Waals surface area contributed by atoms with E-state index >= 15 is 0 Å². The molecule has 28 heavy (non-hydrogen) atoms. The molecule has 0 aromatic carbocycles. The van der Waals surface area contributed by atoms with E-state index in [4.69, 9.17) is 30.8 Å². The Labute approximate surface area is 166 Å². The smallest absolute Gasteiger partial charge is 0.348 e. The fourth-order valence-electron chi connectivity index (χ4n) is 2.43. The van der Waals surface area contributed by atoms with Crippen molar-refractivity contribution in [3.63, 3.8) is 0 Å². The lowest BCUT2D eigenvalue weighted by Gasteiger charge is -2.33. The maximum Gasteiger partial charge on any atom is 0.348 e. The number of rotatable bonds is 7. The molecule has 0 saturated carbocycles. The van der Waals surface area contributed by atoms with Crippen LogP contribution in [-0.4, -0.2) is 34.9 Å². The highest BCUT2D eigenvalue weighted by Gasteiger charge is 2.42. The Balaban J connectivity index is 2.08. The number of nitrogens with zero attached hydrogens (tertiary/aromatic N) is 1. The van der Waals surface area contributed by atoms with Crippen LogP contribution in [0.25, 0.3) is 6.08 Å². The molecule has 152 valence electrons. The SMILES string of the molecule is CCOC(=O)CCC1(C)OC(=O)C(=C/C=C/c2oc(=S)n(CC)c2[O-])C(=O)O1. The molecule has 2 heterocycles. The molecule has 0 aliphatic carbocycles. The third-order valence-electron chi connectivity index (χ3n) is 3.85. The van der Waals surface area contributed by atoms with E-state index in [-0.39, 0.29) is 35.6 Å². The van der Waals surface area contributed by atoms with Crippen LogP contribution in [0.5, 0.6) is 5.88 Å². The van der Waals surface area contributed by atoms with E-state index < -0.39 is 29.6 Å². The van der Waals surface area contributed by atoms with E-state index in [9.17, 15) is 19.5 Å². The Morgan fingerprint density at radius 3 is 2.46 bits per heavy atom. The first-order valence-corrected chi connectivity index (χ1v) is 9.03. The maximum atomic E-state index is 12.2. The summed E-state index contributed by atoms with van der Waals surface area (Å²) >= 11 is 4.92. The van der Waals surface area contributed by atoms with Gasteiger partial charge in [-0.25, -0.2) is 9.59 Å². The molecule has 0 N–H and O–H groups in total. The molecule has 0 bridgehead atoms. The molecule has 1 fully saturated rings. The van der Waals surface area contributed by atoms with E-state index in [1.807, 2.05) is 0 Å². The summed E-state index contributed by atoms with van der Waals surface area (Å²) in [4.78, 5) is 35.8. The van der Waals surface area contributed by atoms with Crippen LogP contribution in [0.2, 0.25) is 0 Å².